The lowest BCUT2D eigenvalue weighted by atomic mass is 10.2. The summed E-state index contributed by atoms with van der Waals surface area (Å²) in [6.45, 7) is 1.55. The molecule has 0 bridgehead atoms. The number of aryl methyl sites for hydroxylation is 1. The standard InChI is InChI=1S/C9H6ClN.C5H5NO3/c10-8-4-3-7-2-1-5-11-9(7)6-8;1-3-4(5(7)8)2-6-9-3/h1-6H;2H,1H3,(H,7,8). The van der Waals surface area contributed by atoms with E-state index in [0.29, 0.717) is 5.76 Å². The van der Waals surface area contributed by atoms with Crippen LogP contribution in [-0.2, 0) is 0 Å². The zero-order valence-corrected chi connectivity index (χ0v) is 11.3. The first-order valence-electron chi connectivity index (χ1n) is 5.73. The Balaban J connectivity index is 0.000000151. The maximum absolute atomic E-state index is 10.2. The second-order valence-corrected chi connectivity index (χ2v) is 4.38. The van der Waals surface area contributed by atoms with Gasteiger partial charge in [-0.2, -0.15) is 0 Å². The molecule has 20 heavy (non-hydrogen) atoms. The smallest absolute Gasteiger partial charge is 0.340 e. The topological polar surface area (TPSA) is 76.2 Å². The van der Waals surface area contributed by atoms with E-state index < -0.39 is 5.97 Å². The number of pyridine rings is 1. The lowest BCUT2D eigenvalue weighted by molar-refractivity contribution is 0.0695. The van der Waals surface area contributed by atoms with Crippen LogP contribution in [-0.4, -0.2) is 21.2 Å². The molecule has 3 aromatic rings. The Morgan fingerprint density at radius 1 is 1.35 bits per heavy atom. The van der Waals surface area contributed by atoms with Crippen molar-refractivity contribution in [2.75, 3.05) is 0 Å². The van der Waals surface area contributed by atoms with Crippen molar-refractivity contribution in [3.05, 3.63) is 59.1 Å². The highest BCUT2D eigenvalue weighted by molar-refractivity contribution is 6.31. The Morgan fingerprint density at radius 2 is 2.15 bits per heavy atom. The zero-order chi connectivity index (χ0) is 14.5. The Labute approximate surface area is 119 Å². The molecule has 1 N–H and O–H groups in total. The van der Waals surface area contributed by atoms with Gasteiger partial charge in [0.05, 0.1) is 11.7 Å². The lowest BCUT2D eigenvalue weighted by Gasteiger charge is -1.94. The number of nitrogens with zero attached hydrogens (tertiary/aromatic N) is 2. The highest BCUT2D eigenvalue weighted by Crippen LogP contribution is 2.16. The molecule has 0 aliphatic rings. The first-order valence-corrected chi connectivity index (χ1v) is 6.10. The van der Waals surface area contributed by atoms with Crippen molar-refractivity contribution in [2.24, 2.45) is 0 Å². The summed E-state index contributed by atoms with van der Waals surface area (Å²) in [6.07, 6.45) is 2.94. The minimum Gasteiger partial charge on any atom is -0.478 e. The number of carboxylic acid groups (broad SMARTS) is 1. The quantitative estimate of drug-likeness (QED) is 0.741. The summed E-state index contributed by atoms with van der Waals surface area (Å²) >= 11 is 5.78. The number of halogens is 1. The molecule has 0 fully saturated rings. The highest BCUT2D eigenvalue weighted by atomic mass is 35.5. The molecule has 5 nitrogen and oxygen atoms in total. The minimum absolute atomic E-state index is 0.120. The fourth-order valence-electron chi connectivity index (χ4n) is 1.54. The number of fused-ring (bicyclic) bond motifs is 1. The lowest BCUT2D eigenvalue weighted by Crippen LogP contribution is -1.94. The molecule has 1 aromatic carbocycles. The minimum atomic E-state index is -1.01. The number of benzene rings is 1. The number of aromatic nitrogens is 2. The fraction of sp³-hybridized carbons (Fsp3) is 0.0714. The van der Waals surface area contributed by atoms with E-state index in [2.05, 4.69) is 14.7 Å². The summed E-state index contributed by atoms with van der Waals surface area (Å²) in [5.41, 5.74) is 1.06. The molecule has 0 atom stereocenters. The number of aromatic carboxylic acids is 1. The van der Waals surface area contributed by atoms with Crippen LogP contribution in [0.25, 0.3) is 10.9 Å². The fourth-order valence-corrected chi connectivity index (χ4v) is 1.71. The molecule has 0 unspecified atom stereocenters. The number of hydrogen-bond acceptors (Lipinski definition) is 4. The van der Waals surface area contributed by atoms with Gasteiger partial charge in [0.25, 0.3) is 0 Å². The first-order chi connectivity index (χ1) is 9.58. The summed E-state index contributed by atoms with van der Waals surface area (Å²) in [7, 11) is 0. The Hall–Kier alpha value is -2.40. The molecule has 2 heterocycles. The highest BCUT2D eigenvalue weighted by Gasteiger charge is 2.09. The third-order valence-electron chi connectivity index (χ3n) is 2.55. The van der Waals surface area contributed by atoms with Gasteiger partial charge in [0.2, 0.25) is 0 Å². The van der Waals surface area contributed by atoms with Gasteiger partial charge in [-0.1, -0.05) is 28.9 Å². The van der Waals surface area contributed by atoms with Crippen LogP contribution in [0.3, 0.4) is 0 Å². The van der Waals surface area contributed by atoms with Gasteiger partial charge in [0, 0.05) is 16.6 Å². The SMILES string of the molecule is Cc1oncc1C(=O)O.Clc1ccc2cccnc2c1. The Bertz CT molecular complexity index is 740. The number of hydrogen-bond donors (Lipinski definition) is 1. The van der Waals surface area contributed by atoms with Gasteiger partial charge in [-0.25, -0.2) is 4.79 Å². The van der Waals surface area contributed by atoms with E-state index in [1.54, 1.807) is 13.1 Å². The van der Waals surface area contributed by atoms with Crippen molar-refractivity contribution < 1.29 is 14.4 Å². The van der Waals surface area contributed by atoms with E-state index >= 15 is 0 Å². The summed E-state index contributed by atoms with van der Waals surface area (Å²) in [5, 5.41) is 13.5. The molecule has 0 saturated carbocycles. The van der Waals surface area contributed by atoms with Gasteiger partial charge in [0.1, 0.15) is 11.3 Å². The number of carboxylic acids is 1. The molecule has 0 saturated heterocycles. The van der Waals surface area contributed by atoms with Gasteiger partial charge < -0.3 is 9.63 Å². The second-order valence-electron chi connectivity index (χ2n) is 3.94. The average Bonchev–Trinajstić information content (AvgIpc) is 2.86. The Kier molecular flexibility index (Phi) is 4.32. The van der Waals surface area contributed by atoms with Crippen LogP contribution in [0.15, 0.2) is 47.2 Å². The number of rotatable bonds is 1. The summed E-state index contributed by atoms with van der Waals surface area (Å²) < 4.78 is 4.49. The van der Waals surface area contributed by atoms with Crippen LogP contribution in [0.1, 0.15) is 16.1 Å². The Morgan fingerprint density at radius 3 is 2.75 bits per heavy atom. The molecule has 6 heteroatoms. The summed E-state index contributed by atoms with van der Waals surface area (Å²) in [6, 6.07) is 9.61. The van der Waals surface area contributed by atoms with Gasteiger partial charge in [-0.15, -0.1) is 0 Å². The number of carbonyl (C=O) groups is 1. The van der Waals surface area contributed by atoms with E-state index in [9.17, 15) is 4.79 Å². The summed E-state index contributed by atoms with van der Waals surface area (Å²) in [5.74, 6) is -0.670. The average molecular weight is 291 g/mol. The van der Waals surface area contributed by atoms with Gasteiger partial charge in [-0.3, -0.25) is 4.98 Å². The van der Waals surface area contributed by atoms with Crippen LogP contribution < -0.4 is 0 Å². The largest absolute Gasteiger partial charge is 0.478 e. The van der Waals surface area contributed by atoms with Gasteiger partial charge in [0.15, 0.2) is 0 Å². The molecule has 102 valence electrons. The third kappa shape index (κ3) is 3.33. The van der Waals surface area contributed by atoms with Crippen LogP contribution in [0, 0.1) is 6.92 Å². The maximum atomic E-state index is 10.2. The van der Waals surface area contributed by atoms with E-state index in [1.807, 2.05) is 30.3 Å². The van der Waals surface area contributed by atoms with Crippen LogP contribution >= 0.6 is 11.6 Å². The van der Waals surface area contributed by atoms with Gasteiger partial charge >= 0.3 is 5.97 Å². The van der Waals surface area contributed by atoms with E-state index in [-0.39, 0.29) is 5.56 Å². The molecule has 0 radical (unpaired) electrons. The van der Waals surface area contributed by atoms with Crippen LogP contribution in [0.5, 0.6) is 0 Å². The summed E-state index contributed by atoms with van der Waals surface area (Å²) in [4.78, 5) is 14.3. The predicted octanol–water partition coefficient (Wildman–Crippen LogP) is 3.57. The second kappa shape index (κ2) is 6.16. The molecule has 3 rings (SSSR count). The van der Waals surface area contributed by atoms with Crippen molar-refractivity contribution in [1.82, 2.24) is 10.1 Å². The predicted molar refractivity (Wildman–Crippen MR) is 75.0 cm³/mol. The van der Waals surface area contributed by atoms with Crippen molar-refractivity contribution in [1.29, 1.82) is 0 Å². The molecule has 0 aliphatic heterocycles. The maximum Gasteiger partial charge on any atom is 0.340 e. The third-order valence-corrected chi connectivity index (χ3v) is 2.78. The van der Waals surface area contributed by atoms with E-state index in [1.165, 1.54) is 6.20 Å². The molecule has 0 amide bonds. The van der Waals surface area contributed by atoms with Crippen molar-refractivity contribution in [3.8, 4) is 0 Å². The van der Waals surface area contributed by atoms with E-state index in [0.717, 1.165) is 15.9 Å². The normalized spacial score (nSPS) is 9.90. The molecule has 0 spiro atoms. The first kappa shape index (κ1) is 14.0. The van der Waals surface area contributed by atoms with Crippen molar-refractivity contribution in [3.63, 3.8) is 0 Å². The molecular formula is C14H11ClN2O3. The van der Waals surface area contributed by atoms with Crippen molar-refractivity contribution in [2.45, 2.75) is 6.92 Å². The molecular weight excluding hydrogens is 280 g/mol. The van der Waals surface area contributed by atoms with Crippen LogP contribution in [0.4, 0.5) is 0 Å². The monoisotopic (exact) mass is 290 g/mol. The zero-order valence-electron chi connectivity index (χ0n) is 10.6. The van der Waals surface area contributed by atoms with Crippen LogP contribution in [0.2, 0.25) is 5.02 Å². The van der Waals surface area contributed by atoms with Gasteiger partial charge in [-0.05, 0) is 25.1 Å². The van der Waals surface area contributed by atoms with E-state index in [4.69, 9.17) is 16.7 Å². The molecule has 2 aromatic heterocycles. The molecule has 0 aliphatic carbocycles. The van der Waals surface area contributed by atoms with Crippen molar-refractivity contribution >= 4 is 28.5 Å².